The number of carbonyl (C=O) groups is 1. The molecule has 0 aliphatic carbocycles. The minimum atomic E-state index is -0.125. The van der Waals surface area contributed by atoms with Crippen molar-refractivity contribution in [1.82, 2.24) is 4.90 Å². The second kappa shape index (κ2) is 7.14. The van der Waals surface area contributed by atoms with Crippen LogP contribution in [0.15, 0.2) is 72.8 Å². The van der Waals surface area contributed by atoms with E-state index in [2.05, 4.69) is 30.3 Å². The molecule has 1 aliphatic heterocycles. The van der Waals surface area contributed by atoms with Gasteiger partial charge in [0.15, 0.2) is 0 Å². The molecular formula is C22H17Cl2NO. The minimum Gasteiger partial charge on any atom is -0.327 e. The summed E-state index contributed by atoms with van der Waals surface area (Å²) in [4.78, 5) is 15.2. The number of halogens is 2. The van der Waals surface area contributed by atoms with Crippen LogP contribution >= 0.6 is 23.2 Å². The lowest BCUT2D eigenvalue weighted by atomic mass is 9.88. The second-order valence-corrected chi connectivity index (χ2v) is 7.23. The van der Waals surface area contributed by atoms with Gasteiger partial charge in [0.05, 0.1) is 16.6 Å². The summed E-state index contributed by atoms with van der Waals surface area (Å²) in [6, 6.07) is 23.4. The van der Waals surface area contributed by atoms with Gasteiger partial charge in [0, 0.05) is 11.6 Å². The fourth-order valence-electron chi connectivity index (χ4n) is 3.60. The molecule has 0 bridgehead atoms. The van der Waals surface area contributed by atoms with Crippen molar-refractivity contribution in [1.29, 1.82) is 0 Å². The van der Waals surface area contributed by atoms with E-state index in [1.165, 1.54) is 11.1 Å². The molecule has 0 aromatic heterocycles. The predicted molar refractivity (Wildman–Crippen MR) is 106 cm³/mol. The Morgan fingerprint density at radius 3 is 2.42 bits per heavy atom. The van der Waals surface area contributed by atoms with Gasteiger partial charge in [-0.25, -0.2) is 0 Å². The van der Waals surface area contributed by atoms with E-state index in [0.717, 1.165) is 12.0 Å². The fourth-order valence-corrected chi connectivity index (χ4v) is 4.09. The Morgan fingerprint density at radius 1 is 0.923 bits per heavy atom. The van der Waals surface area contributed by atoms with Crippen molar-refractivity contribution in [3.8, 4) is 0 Å². The van der Waals surface area contributed by atoms with Gasteiger partial charge in [-0.2, -0.15) is 0 Å². The molecule has 130 valence electrons. The van der Waals surface area contributed by atoms with Crippen molar-refractivity contribution in [3.63, 3.8) is 0 Å². The molecule has 1 aliphatic rings. The zero-order valence-electron chi connectivity index (χ0n) is 14.0. The smallest absolute Gasteiger partial charge is 0.256 e. The Morgan fingerprint density at radius 2 is 1.65 bits per heavy atom. The number of benzene rings is 3. The van der Waals surface area contributed by atoms with Crippen molar-refractivity contribution < 1.29 is 4.79 Å². The van der Waals surface area contributed by atoms with Crippen molar-refractivity contribution in [2.75, 3.05) is 6.54 Å². The van der Waals surface area contributed by atoms with E-state index in [0.29, 0.717) is 22.2 Å². The molecule has 1 heterocycles. The standard InChI is InChI=1S/C22H17Cl2NO/c23-17-10-11-19(20(24)14-17)22(26)25-13-12-15-6-4-5-9-18(15)21(25)16-7-2-1-3-8-16/h1-11,14,21H,12-13H2. The molecule has 2 nitrogen and oxygen atoms in total. The molecule has 1 unspecified atom stereocenters. The maximum Gasteiger partial charge on any atom is 0.256 e. The van der Waals surface area contributed by atoms with Crippen LogP contribution in [0.1, 0.15) is 33.1 Å². The fraction of sp³-hybridized carbons (Fsp3) is 0.136. The second-order valence-electron chi connectivity index (χ2n) is 6.38. The van der Waals surface area contributed by atoms with Gasteiger partial charge in [0.25, 0.3) is 5.91 Å². The summed E-state index contributed by atoms with van der Waals surface area (Å²) in [6.07, 6.45) is 0.830. The molecule has 0 N–H and O–H groups in total. The van der Waals surface area contributed by atoms with Gasteiger partial charge in [-0.1, -0.05) is 77.8 Å². The molecule has 0 saturated heterocycles. The molecule has 4 rings (SSSR count). The Bertz CT molecular complexity index is 955. The highest BCUT2D eigenvalue weighted by molar-refractivity contribution is 6.36. The van der Waals surface area contributed by atoms with Gasteiger partial charge in [-0.3, -0.25) is 4.79 Å². The first-order valence-electron chi connectivity index (χ1n) is 8.54. The quantitative estimate of drug-likeness (QED) is 0.550. The normalized spacial score (nSPS) is 16.2. The van der Waals surface area contributed by atoms with Crippen LogP contribution in [0.4, 0.5) is 0 Å². The maximum absolute atomic E-state index is 13.3. The van der Waals surface area contributed by atoms with E-state index < -0.39 is 0 Å². The van der Waals surface area contributed by atoms with Gasteiger partial charge in [-0.05, 0) is 41.3 Å². The van der Waals surface area contributed by atoms with Gasteiger partial charge in [0.2, 0.25) is 0 Å². The van der Waals surface area contributed by atoms with Crippen molar-refractivity contribution in [3.05, 3.63) is 105 Å². The Balaban J connectivity index is 1.81. The SMILES string of the molecule is O=C(c1ccc(Cl)cc1Cl)N1CCc2ccccc2C1c1ccccc1. The zero-order chi connectivity index (χ0) is 18.1. The van der Waals surface area contributed by atoms with Gasteiger partial charge >= 0.3 is 0 Å². The van der Waals surface area contributed by atoms with Gasteiger partial charge in [-0.15, -0.1) is 0 Å². The average molecular weight is 382 g/mol. The molecule has 26 heavy (non-hydrogen) atoms. The van der Waals surface area contributed by atoms with Gasteiger partial charge < -0.3 is 4.90 Å². The summed E-state index contributed by atoms with van der Waals surface area (Å²) in [6.45, 7) is 0.647. The van der Waals surface area contributed by atoms with E-state index in [4.69, 9.17) is 23.2 Å². The molecule has 1 atom stereocenters. The van der Waals surface area contributed by atoms with E-state index in [1.807, 2.05) is 29.2 Å². The monoisotopic (exact) mass is 381 g/mol. The first kappa shape index (κ1) is 17.1. The minimum absolute atomic E-state index is 0.0741. The lowest BCUT2D eigenvalue weighted by molar-refractivity contribution is 0.0695. The van der Waals surface area contributed by atoms with Crippen LogP contribution in [0.2, 0.25) is 10.0 Å². The van der Waals surface area contributed by atoms with Crippen LogP contribution in [0.5, 0.6) is 0 Å². The number of fused-ring (bicyclic) bond motifs is 1. The van der Waals surface area contributed by atoms with Crippen molar-refractivity contribution in [2.45, 2.75) is 12.5 Å². The third kappa shape index (κ3) is 3.11. The predicted octanol–water partition coefficient (Wildman–Crippen LogP) is 5.78. The average Bonchev–Trinajstić information content (AvgIpc) is 2.67. The van der Waals surface area contributed by atoms with E-state index in [9.17, 15) is 4.79 Å². The highest BCUT2D eigenvalue weighted by Crippen LogP contribution is 2.36. The molecular weight excluding hydrogens is 365 g/mol. The molecule has 0 spiro atoms. The summed E-state index contributed by atoms with van der Waals surface area (Å²) < 4.78 is 0. The molecule has 3 aromatic rings. The summed E-state index contributed by atoms with van der Waals surface area (Å²) in [5, 5.41) is 0.906. The molecule has 0 fully saturated rings. The molecule has 0 radical (unpaired) electrons. The molecule has 1 amide bonds. The highest BCUT2D eigenvalue weighted by Gasteiger charge is 2.33. The maximum atomic E-state index is 13.3. The molecule has 3 aromatic carbocycles. The Labute approximate surface area is 163 Å². The number of rotatable bonds is 2. The first-order chi connectivity index (χ1) is 12.6. The van der Waals surface area contributed by atoms with Crippen LogP contribution in [0, 0.1) is 0 Å². The molecule has 4 heteroatoms. The lowest BCUT2D eigenvalue weighted by Gasteiger charge is -2.38. The van der Waals surface area contributed by atoms with E-state index in [-0.39, 0.29) is 11.9 Å². The summed E-state index contributed by atoms with van der Waals surface area (Å²) in [7, 11) is 0. The Hall–Kier alpha value is -2.29. The summed E-state index contributed by atoms with van der Waals surface area (Å²) in [5.41, 5.74) is 4.03. The summed E-state index contributed by atoms with van der Waals surface area (Å²) in [5.74, 6) is -0.0741. The third-order valence-electron chi connectivity index (χ3n) is 4.82. The van der Waals surface area contributed by atoms with Crippen molar-refractivity contribution >= 4 is 29.1 Å². The topological polar surface area (TPSA) is 20.3 Å². The largest absolute Gasteiger partial charge is 0.327 e. The first-order valence-corrected chi connectivity index (χ1v) is 9.29. The number of carbonyl (C=O) groups excluding carboxylic acids is 1. The third-order valence-corrected chi connectivity index (χ3v) is 5.37. The van der Waals surface area contributed by atoms with E-state index >= 15 is 0 Å². The Kier molecular flexibility index (Phi) is 4.71. The number of hydrogen-bond donors (Lipinski definition) is 0. The summed E-state index contributed by atoms with van der Waals surface area (Å²) >= 11 is 12.3. The highest BCUT2D eigenvalue weighted by atomic mass is 35.5. The van der Waals surface area contributed by atoms with E-state index in [1.54, 1.807) is 18.2 Å². The van der Waals surface area contributed by atoms with Crippen LogP contribution in [0.3, 0.4) is 0 Å². The van der Waals surface area contributed by atoms with Crippen LogP contribution in [-0.4, -0.2) is 17.4 Å². The van der Waals surface area contributed by atoms with Crippen LogP contribution in [-0.2, 0) is 6.42 Å². The number of nitrogens with zero attached hydrogens (tertiary/aromatic N) is 1. The van der Waals surface area contributed by atoms with Gasteiger partial charge in [0.1, 0.15) is 0 Å². The molecule has 0 saturated carbocycles. The van der Waals surface area contributed by atoms with Crippen molar-refractivity contribution in [2.24, 2.45) is 0 Å². The lowest BCUT2D eigenvalue weighted by Crippen LogP contribution is -2.40. The number of amides is 1. The zero-order valence-corrected chi connectivity index (χ0v) is 15.5. The van der Waals surface area contributed by atoms with Crippen LogP contribution < -0.4 is 0 Å². The van der Waals surface area contributed by atoms with Crippen LogP contribution in [0.25, 0.3) is 0 Å². The number of hydrogen-bond acceptors (Lipinski definition) is 1.